The van der Waals surface area contributed by atoms with Crippen molar-refractivity contribution in [3.63, 3.8) is 0 Å². The standard InChI is InChI=1S/3C21H26NO3.3C13H12O4S2.3Ir/c2*1-2-21(16-24-17-21)15-23-12-5-6-13-25-19-9-7-8-18(14-19)20-10-3-4-11-22-20;1-2-21(17-24-18-21)16-23-13-6-7-14-25-20-10-8-9-19(15-20)22-11-4-3-5-12-22;3*14-12(16-6-10-1-3-18-8-10)5-13(15)17-7-11-2-4-19-9-11;;;/h2*3-4,7,9-11,14H,2,5-6,12-13,15-17H2,1H3;3-5,8,10-11,15H,2,6-7,13-14,16-18H2,1H3;3*1-5,8-9,14H,6-7H2;;;/q3*-1;;;;;;. The molecule has 0 bridgehead atoms. The minimum absolute atomic E-state index is 0. The number of aliphatic hydroxyl groups excluding tert-OH is 3. The van der Waals surface area contributed by atoms with Crippen LogP contribution in [0.25, 0.3) is 28.2 Å². The van der Waals surface area contributed by atoms with E-state index in [0.29, 0.717) is 19.8 Å². The Bertz CT molecular complexity index is 4680. The summed E-state index contributed by atoms with van der Waals surface area (Å²) in [6.45, 7) is 19.8. The fourth-order valence-corrected chi connectivity index (χ4v) is 15.9. The van der Waals surface area contributed by atoms with E-state index in [9.17, 15) is 29.7 Å². The summed E-state index contributed by atoms with van der Waals surface area (Å²) in [6.07, 6.45) is 20.8. The molecule has 3 fully saturated rings. The Balaban J connectivity index is 0.000000221. The van der Waals surface area contributed by atoms with E-state index in [-0.39, 0.29) is 116 Å². The van der Waals surface area contributed by atoms with E-state index < -0.39 is 35.7 Å². The monoisotopic (exact) mass is 2490 g/mol. The number of ether oxygens (including phenoxy) is 15. The zero-order valence-electron chi connectivity index (χ0n) is 75.4. The van der Waals surface area contributed by atoms with Gasteiger partial charge in [-0.2, -0.15) is 80.2 Å². The molecule has 12 heterocycles. The fraction of sp³-hybridized carbons (Fsp3) is 0.353. The Morgan fingerprint density at radius 1 is 0.385 bits per heavy atom. The Labute approximate surface area is 855 Å². The molecule has 3 saturated heterocycles. The molecule has 3 radical (unpaired) electrons. The van der Waals surface area contributed by atoms with Crippen LogP contribution < -0.4 is 18.8 Å². The van der Waals surface area contributed by atoms with Crippen LogP contribution in [0.3, 0.4) is 0 Å². The van der Waals surface area contributed by atoms with E-state index in [1.54, 1.807) is 46.4 Å². The summed E-state index contributed by atoms with van der Waals surface area (Å²) in [5, 5.41) is 51.1. The fourth-order valence-electron chi connectivity index (χ4n) is 12.0. The third-order valence-corrected chi connectivity index (χ3v) is 24.8. The maximum absolute atomic E-state index is 11.4. The van der Waals surface area contributed by atoms with Crippen molar-refractivity contribution in [1.82, 2.24) is 9.97 Å². The first-order valence-electron chi connectivity index (χ1n) is 43.4. The van der Waals surface area contributed by atoms with E-state index in [2.05, 4.69) is 55.1 Å². The van der Waals surface area contributed by atoms with E-state index in [4.69, 9.17) is 71.1 Å². The molecule has 3 aliphatic heterocycles. The topological polar surface area (TPSA) is 280 Å². The van der Waals surface area contributed by atoms with Gasteiger partial charge >= 0.3 is 17.9 Å². The quantitative estimate of drug-likeness (QED) is 0.00607. The number of esters is 3. The Morgan fingerprint density at radius 3 is 0.970 bits per heavy atom. The number of carbonyl (C=O) groups excluding carboxylic acids is 3. The van der Waals surface area contributed by atoms with E-state index >= 15 is 0 Å². The molecule has 3 aromatic carbocycles. The van der Waals surface area contributed by atoms with Gasteiger partial charge in [-0.25, -0.2) is 14.4 Å². The summed E-state index contributed by atoms with van der Waals surface area (Å²) >= 11 is 9.22. The molecule has 15 rings (SSSR count). The van der Waals surface area contributed by atoms with Crippen LogP contribution >= 0.6 is 68.0 Å². The van der Waals surface area contributed by atoms with Crippen molar-refractivity contribution in [2.24, 2.45) is 16.2 Å². The molecule has 9 aromatic heterocycles. The predicted molar refractivity (Wildman–Crippen MR) is 512 cm³/mol. The molecule has 12 aromatic rings. The van der Waals surface area contributed by atoms with Crippen molar-refractivity contribution >= 4 is 85.9 Å². The molecule has 0 aliphatic carbocycles. The summed E-state index contributed by atoms with van der Waals surface area (Å²) in [7, 11) is 0. The van der Waals surface area contributed by atoms with Crippen molar-refractivity contribution < 1.29 is 166 Å². The predicted octanol–water partition coefficient (Wildman–Crippen LogP) is 21.9. The van der Waals surface area contributed by atoms with Gasteiger partial charge in [-0.3, -0.25) is 0 Å². The van der Waals surface area contributed by atoms with Crippen LogP contribution in [0.1, 0.15) is 112 Å². The summed E-state index contributed by atoms with van der Waals surface area (Å²) in [4.78, 5) is 42.8. The van der Waals surface area contributed by atoms with Gasteiger partial charge in [0.25, 0.3) is 17.8 Å². The molecule has 0 unspecified atom stereocenters. The van der Waals surface area contributed by atoms with Gasteiger partial charge in [0, 0.05) is 165 Å². The Kier molecular flexibility index (Phi) is 54.8. The summed E-state index contributed by atoms with van der Waals surface area (Å²) < 4.78 is 82.7. The smallest absolute Gasteiger partial charge is 0.338 e. The van der Waals surface area contributed by atoms with Crippen molar-refractivity contribution in [3.05, 3.63) is 323 Å². The number of unbranched alkanes of at least 4 members (excludes halogenated alkanes) is 3. The van der Waals surface area contributed by atoms with Gasteiger partial charge in [0.05, 0.1) is 85.5 Å². The number of hydrogen-bond acceptors (Lipinski definition) is 29. The van der Waals surface area contributed by atoms with E-state index in [1.807, 2.05) is 221 Å². The van der Waals surface area contributed by atoms with Gasteiger partial charge in [0.1, 0.15) is 64.1 Å². The number of rotatable bonds is 48. The average molecular weight is 2490 g/mol. The van der Waals surface area contributed by atoms with Crippen molar-refractivity contribution in [3.8, 4) is 45.5 Å². The van der Waals surface area contributed by atoms with Gasteiger partial charge in [-0.05, 0) is 182 Å². The molecular weight excluding hydrogens is 2370 g/mol. The van der Waals surface area contributed by atoms with Gasteiger partial charge in [-0.15, -0.1) is 77.9 Å². The van der Waals surface area contributed by atoms with Gasteiger partial charge in [0.2, 0.25) is 0 Å². The number of pyridine rings is 3. The Hall–Kier alpha value is -9.15. The first-order chi connectivity index (χ1) is 64.6. The number of benzene rings is 3. The SMILES string of the molecule is CCC1(COCCCCOc2cc[c-]c(-[n+]3[c-]cccc3)c2)COC1.CCC1(COCCCCOc2cc[c-]c(-c3ccccn3)c2)COC1.CCC1(COCCCCOc2cc[c-]c(-c3ccccn3)c2)COC1.O=C(C=C(O)OCc1ccsc1)OCc1ccsc1.O=C(C=C(O)OCc1ccsc1)OCc1ccsc1.O=C(C=C(O)OCc1ccsc1)OCc1ccsc1.[Ir].[Ir].[Ir]. The molecule has 729 valence electrons. The maximum atomic E-state index is 11.4. The molecule has 33 heteroatoms. The number of nitrogens with zero attached hydrogens (tertiary/aromatic N) is 3. The van der Waals surface area contributed by atoms with Crippen molar-refractivity contribution in [2.45, 2.75) is 118 Å². The molecule has 0 amide bonds. The molecule has 24 nitrogen and oxygen atoms in total. The molecule has 0 saturated carbocycles. The summed E-state index contributed by atoms with van der Waals surface area (Å²) in [5.41, 5.74) is 11.1. The number of aromatic nitrogens is 3. The van der Waals surface area contributed by atoms with E-state index in [0.717, 1.165) is 234 Å². The van der Waals surface area contributed by atoms with Gasteiger partial charge in [-0.1, -0.05) is 57.2 Å². The third kappa shape index (κ3) is 44.0. The first-order valence-corrected chi connectivity index (χ1v) is 49.1. The largest absolute Gasteiger partial charge is 0.520 e. The van der Waals surface area contributed by atoms with Crippen LogP contribution in [-0.4, -0.2) is 142 Å². The number of carbonyl (C=O) groups is 3. The molecule has 0 spiro atoms. The minimum Gasteiger partial charge on any atom is -0.520 e. The number of thiophene rings is 6. The summed E-state index contributed by atoms with van der Waals surface area (Å²) in [5.74, 6) is -0.647. The zero-order chi connectivity index (χ0) is 92.6. The van der Waals surface area contributed by atoms with Crippen LogP contribution in [0.4, 0.5) is 0 Å². The second-order valence-electron chi connectivity index (χ2n) is 30.7. The molecule has 3 aliphatic rings. The van der Waals surface area contributed by atoms with Gasteiger partial charge in [0.15, 0.2) is 0 Å². The van der Waals surface area contributed by atoms with Crippen LogP contribution in [0.15, 0.2) is 265 Å². The normalized spacial score (nSPS) is 13.4. The van der Waals surface area contributed by atoms with Crippen molar-refractivity contribution in [2.75, 3.05) is 99.1 Å². The second kappa shape index (κ2) is 65.6. The zero-order valence-corrected chi connectivity index (χ0v) is 87.5. The van der Waals surface area contributed by atoms with Crippen LogP contribution in [0, 0.1) is 40.6 Å². The molecule has 135 heavy (non-hydrogen) atoms. The summed E-state index contributed by atoms with van der Waals surface area (Å²) in [6, 6.07) is 55.8. The van der Waals surface area contributed by atoms with Crippen molar-refractivity contribution in [1.29, 1.82) is 0 Å². The maximum Gasteiger partial charge on any atom is 0.338 e. The number of hydrogen-bond donors (Lipinski definition) is 3. The minimum atomic E-state index is -0.631. The van der Waals surface area contributed by atoms with Gasteiger partial charge < -0.3 is 101 Å². The Morgan fingerprint density at radius 2 is 0.696 bits per heavy atom. The van der Waals surface area contributed by atoms with Crippen LogP contribution in [0.5, 0.6) is 17.2 Å². The van der Waals surface area contributed by atoms with Crippen LogP contribution in [-0.2, 0) is 171 Å². The first kappa shape index (κ1) is 113. The number of aliphatic hydroxyl groups is 3. The van der Waals surface area contributed by atoms with E-state index in [1.165, 1.54) is 34.0 Å². The molecule has 0 atom stereocenters. The molecule has 3 N–H and O–H groups in total. The average Bonchev–Trinajstić information content (AvgIpc) is 1.20. The molecular formula is C102H114Ir3N3O21S6-3. The second-order valence-corrected chi connectivity index (χ2v) is 35.4. The van der Waals surface area contributed by atoms with Crippen LogP contribution in [0.2, 0.25) is 0 Å². The third-order valence-electron chi connectivity index (χ3n) is 20.4.